The summed E-state index contributed by atoms with van der Waals surface area (Å²) in [5.74, 6) is 0. The van der Waals surface area contributed by atoms with E-state index in [0.717, 1.165) is 19.7 Å². The summed E-state index contributed by atoms with van der Waals surface area (Å²) in [5, 5.41) is 0. The first-order valence-electron chi connectivity index (χ1n) is 5.07. The maximum atomic E-state index is 5.78. The van der Waals surface area contributed by atoms with Gasteiger partial charge in [0, 0.05) is 27.3 Å². The molecule has 0 saturated carbocycles. The zero-order chi connectivity index (χ0) is 11.0. The molecule has 4 heteroatoms. The van der Waals surface area contributed by atoms with Crippen molar-refractivity contribution in [3.05, 3.63) is 0 Å². The van der Waals surface area contributed by atoms with E-state index in [9.17, 15) is 0 Å². The maximum Gasteiger partial charge on any atom is 0.0656 e. The lowest BCUT2D eigenvalue weighted by Gasteiger charge is -2.39. The van der Waals surface area contributed by atoms with Gasteiger partial charge in [-0.05, 0) is 13.5 Å². The SMILES string of the molecule is CCN(CCOC)C(C)(CN)COC. The predicted molar refractivity (Wildman–Crippen MR) is 58.5 cm³/mol. The third kappa shape index (κ3) is 3.92. The van der Waals surface area contributed by atoms with Crippen LogP contribution in [0.4, 0.5) is 0 Å². The lowest BCUT2D eigenvalue weighted by molar-refractivity contribution is 0.0156. The van der Waals surface area contributed by atoms with Gasteiger partial charge < -0.3 is 15.2 Å². The largest absolute Gasteiger partial charge is 0.383 e. The summed E-state index contributed by atoms with van der Waals surface area (Å²) in [6.45, 7) is 8.08. The normalized spacial score (nSPS) is 15.9. The van der Waals surface area contributed by atoms with E-state index < -0.39 is 0 Å². The highest BCUT2D eigenvalue weighted by Gasteiger charge is 2.28. The number of rotatable bonds is 8. The highest BCUT2D eigenvalue weighted by Crippen LogP contribution is 2.13. The number of likely N-dealkylation sites (N-methyl/N-ethyl adjacent to an activating group) is 1. The number of nitrogens with two attached hydrogens (primary N) is 1. The topological polar surface area (TPSA) is 47.7 Å². The van der Waals surface area contributed by atoms with Crippen LogP contribution in [-0.2, 0) is 9.47 Å². The van der Waals surface area contributed by atoms with E-state index in [1.807, 2.05) is 0 Å². The highest BCUT2D eigenvalue weighted by molar-refractivity contribution is 4.86. The Morgan fingerprint density at radius 3 is 2.29 bits per heavy atom. The van der Waals surface area contributed by atoms with Crippen molar-refractivity contribution < 1.29 is 9.47 Å². The van der Waals surface area contributed by atoms with Gasteiger partial charge in [0.2, 0.25) is 0 Å². The number of ether oxygens (including phenoxy) is 2. The quantitative estimate of drug-likeness (QED) is 0.618. The van der Waals surface area contributed by atoms with Gasteiger partial charge in [-0.25, -0.2) is 0 Å². The van der Waals surface area contributed by atoms with Crippen molar-refractivity contribution in [2.45, 2.75) is 19.4 Å². The minimum absolute atomic E-state index is 0.0813. The van der Waals surface area contributed by atoms with Gasteiger partial charge in [0.25, 0.3) is 0 Å². The average Bonchev–Trinajstić information content (AvgIpc) is 2.19. The maximum absolute atomic E-state index is 5.78. The van der Waals surface area contributed by atoms with Crippen molar-refractivity contribution in [3.63, 3.8) is 0 Å². The van der Waals surface area contributed by atoms with E-state index in [2.05, 4.69) is 18.7 Å². The smallest absolute Gasteiger partial charge is 0.0656 e. The van der Waals surface area contributed by atoms with Crippen molar-refractivity contribution in [2.24, 2.45) is 5.73 Å². The minimum atomic E-state index is -0.0813. The van der Waals surface area contributed by atoms with E-state index in [4.69, 9.17) is 15.2 Å². The summed E-state index contributed by atoms with van der Waals surface area (Å²) < 4.78 is 10.3. The molecular weight excluding hydrogens is 180 g/mol. The third-order valence-electron chi connectivity index (χ3n) is 2.61. The fraction of sp³-hybridized carbons (Fsp3) is 1.00. The van der Waals surface area contributed by atoms with Crippen LogP contribution in [0.5, 0.6) is 0 Å². The average molecular weight is 204 g/mol. The zero-order valence-electron chi connectivity index (χ0n) is 9.88. The summed E-state index contributed by atoms with van der Waals surface area (Å²) in [5.41, 5.74) is 5.70. The molecule has 0 amide bonds. The Balaban J connectivity index is 4.26. The minimum Gasteiger partial charge on any atom is -0.383 e. The number of nitrogens with zero attached hydrogens (tertiary/aromatic N) is 1. The lowest BCUT2D eigenvalue weighted by atomic mass is 10.0. The molecule has 0 aromatic rings. The van der Waals surface area contributed by atoms with Crippen LogP contribution in [0.2, 0.25) is 0 Å². The van der Waals surface area contributed by atoms with E-state index in [1.165, 1.54) is 0 Å². The van der Waals surface area contributed by atoms with Crippen LogP contribution in [0.15, 0.2) is 0 Å². The second-order valence-electron chi connectivity index (χ2n) is 3.71. The number of hydrogen-bond donors (Lipinski definition) is 1. The second-order valence-corrected chi connectivity index (χ2v) is 3.71. The first-order chi connectivity index (χ1) is 6.64. The van der Waals surface area contributed by atoms with Gasteiger partial charge >= 0.3 is 0 Å². The molecule has 4 nitrogen and oxygen atoms in total. The first-order valence-corrected chi connectivity index (χ1v) is 5.07. The van der Waals surface area contributed by atoms with E-state index in [1.54, 1.807) is 14.2 Å². The molecule has 14 heavy (non-hydrogen) atoms. The Hall–Kier alpha value is -0.160. The zero-order valence-corrected chi connectivity index (χ0v) is 9.88. The first kappa shape index (κ1) is 13.8. The monoisotopic (exact) mass is 204 g/mol. The highest BCUT2D eigenvalue weighted by atomic mass is 16.5. The molecule has 0 radical (unpaired) electrons. The Bertz CT molecular complexity index is 144. The van der Waals surface area contributed by atoms with Crippen LogP contribution in [0, 0.1) is 0 Å². The van der Waals surface area contributed by atoms with Crippen molar-refractivity contribution >= 4 is 0 Å². The van der Waals surface area contributed by atoms with Gasteiger partial charge in [0.05, 0.1) is 18.8 Å². The number of hydrogen-bond acceptors (Lipinski definition) is 4. The molecule has 86 valence electrons. The van der Waals surface area contributed by atoms with Gasteiger partial charge in [-0.3, -0.25) is 4.90 Å². The van der Waals surface area contributed by atoms with Crippen molar-refractivity contribution in [3.8, 4) is 0 Å². The molecule has 0 aliphatic heterocycles. The van der Waals surface area contributed by atoms with E-state index in [0.29, 0.717) is 13.2 Å². The molecule has 0 rings (SSSR count). The standard InChI is InChI=1S/C10H24N2O2/c1-5-12(6-7-13-3)10(2,8-11)9-14-4/h5-9,11H2,1-4H3. The fourth-order valence-corrected chi connectivity index (χ4v) is 1.60. The van der Waals surface area contributed by atoms with Gasteiger partial charge in [0.15, 0.2) is 0 Å². The predicted octanol–water partition coefficient (Wildman–Crippen LogP) is 0.319. The summed E-state index contributed by atoms with van der Waals surface area (Å²) in [6.07, 6.45) is 0. The summed E-state index contributed by atoms with van der Waals surface area (Å²) >= 11 is 0. The Morgan fingerprint density at radius 1 is 1.29 bits per heavy atom. The van der Waals surface area contributed by atoms with Crippen LogP contribution in [0.3, 0.4) is 0 Å². The van der Waals surface area contributed by atoms with Crippen LogP contribution < -0.4 is 5.73 Å². The molecule has 2 N–H and O–H groups in total. The van der Waals surface area contributed by atoms with Crippen LogP contribution >= 0.6 is 0 Å². The van der Waals surface area contributed by atoms with Crippen molar-refractivity contribution in [1.29, 1.82) is 0 Å². The van der Waals surface area contributed by atoms with E-state index in [-0.39, 0.29) is 5.54 Å². The Kier molecular flexibility index (Phi) is 7.09. The molecule has 0 aliphatic carbocycles. The van der Waals surface area contributed by atoms with Gasteiger partial charge in [-0.2, -0.15) is 0 Å². The summed E-state index contributed by atoms with van der Waals surface area (Å²) in [7, 11) is 3.42. The lowest BCUT2D eigenvalue weighted by Crippen LogP contribution is -2.55. The van der Waals surface area contributed by atoms with Crippen LogP contribution in [0.1, 0.15) is 13.8 Å². The molecular formula is C10H24N2O2. The molecule has 0 aromatic heterocycles. The summed E-state index contributed by atoms with van der Waals surface area (Å²) in [6, 6.07) is 0. The molecule has 0 fully saturated rings. The van der Waals surface area contributed by atoms with E-state index >= 15 is 0 Å². The Morgan fingerprint density at radius 2 is 1.93 bits per heavy atom. The molecule has 0 spiro atoms. The van der Waals surface area contributed by atoms with Crippen LogP contribution in [-0.4, -0.2) is 57.5 Å². The van der Waals surface area contributed by atoms with Crippen molar-refractivity contribution in [2.75, 3.05) is 47.1 Å². The Labute approximate surface area is 87.4 Å². The molecule has 0 bridgehead atoms. The summed E-state index contributed by atoms with van der Waals surface area (Å²) in [4.78, 5) is 2.29. The molecule has 0 heterocycles. The van der Waals surface area contributed by atoms with Gasteiger partial charge in [0.1, 0.15) is 0 Å². The molecule has 1 atom stereocenters. The second kappa shape index (κ2) is 7.17. The number of methoxy groups -OCH3 is 2. The van der Waals surface area contributed by atoms with Crippen LogP contribution in [0.25, 0.3) is 0 Å². The van der Waals surface area contributed by atoms with Gasteiger partial charge in [-0.15, -0.1) is 0 Å². The van der Waals surface area contributed by atoms with Crippen molar-refractivity contribution in [1.82, 2.24) is 4.90 Å². The molecule has 0 saturated heterocycles. The fourth-order valence-electron chi connectivity index (χ4n) is 1.60. The molecule has 1 unspecified atom stereocenters. The third-order valence-corrected chi connectivity index (χ3v) is 2.61. The van der Waals surface area contributed by atoms with Gasteiger partial charge in [-0.1, -0.05) is 6.92 Å². The molecule has 0 aliphatic rings. The molecule has 0 aromatic carbocycles.